The molecule has 0 radical (unpaired) electrons. The molecule has 3 nitrogen and oxygen atoms in total. The van der Waals surface area contributed by atoms with E-state index in [0.717, 1.165) is 30.7 Å². The molecule has 0 spiro atoms. The van der Waals surface area contributed by atoms with Crippen molar-refractivity contribution in [3.63, 3.8) is 0 Å². The summed E-state index contributed by atoms with van der Waals surface area (Å²) in [4.78, 5) is 2.45. The van der Waals surface area contributed by atoms with Crippen LogP contribution in [0.2, 0.25) is 0 Å². The summed E-state index contributed by atoms with van der Waals surface area (Å²) in [5.41, 5.74) is 1.22. The number of nitrogens with zero attached hydrogens (tertiary/aromatic N) is 1. The lowest BCUT2D eigenvalue weighted by atomic mass is 9.75. The Labute approximate surface area is 147 Å². The molecule has 1 heterocycles. The first-order chi connectivity index (χ1) is 11.6. The number of hydrogen-bond donors (Lipinski definition) is 1. The summed E-state index contributed by atoms with van der Waals surface area (Å²) >= 11 is 0. The van der Waals surface area contributed by atoms with Gasteiger partial charge < -0.3 is 14.7 Å². The number of hydrogen-bond acceptors (Lipinski definition) is 3. The molecule has 1 saturated carbocycles. The molecule has 3 atom stereocenters. The Morgan fingerprint density at radius 3 is 2.67 bits per heavy atom. The molecule has 0 amide bonds. The quantitative estimate of drug-likeness (QED) is 0.853. The van der Waals surface area contributed by atoms with Crippen LogP contribution >= 0.6 is 0 Å². The lowest BCUT2D eigenvalue weighted by Crippen LogP contribution is -2.45. The summed E-state index contributed by atoms with van der Waals surface area (Å²) in [6.07, 6.45) is 6.53. The van der Waals surface area contributed by atoms with Gasteiger partial charge in [-0.05, 0) is 48.8 Å². The highest BCUT2D eigenvalue weighted by molar-refractivity contribution is 5.35. The maximum atomic E-state index is 10.4. The molecule has 1 aliphatic heterocycles. The minimum absolute atomic E-state index is 0.383. The summed E-state index contributed by atoms with van der Waals surface area (Å²) < 4.78 is 5.93. The third-order valence-electron chi connectivity index (χ3n) is 5.82. The molecule has 3 heteroatoms. The van der Waals surface area contributed by atoms with Gasteiger partial charge in [0, 0.05) is 13.1 Å². The molecule has 2 fully saturated rings. The lowest BCUT2D eigenvalue weighted by molar-refractivity contribution is 0.0279. The maximum Gasteiger partial charge on any atom is 0.122 e. The molecule has 3 rings (SSSR count). The van der Waals surface area contributed by atoms with Crippen molar-refractivity contribution >= 4 is 0 Å². The molecular formula is C21H33NO2. The molecule has 24 heavy (non-hydrogen) atoms. The van der Waals surface area contributed by atoms with E-state index >= 15 is 0 Å². The first-order valence-electron chi connectivity index (χ1n) is 9.75. The Morgan fingerprint density at radius 2 is 1.88 bits per heavy atom. The van der Waals surface area contributed by atoms with Gasteiger partial charge in [-0.2, -0.15) is 0 Å². The molecule has 2 aliphatic rings. The minimum Gasteiger partial charge on any atom is -0.491 e. The summed E-state index contributed by atoms with van der Waals surface area (Å²) in [6, 6.07) is 8.17. The third kappa shape index (κ3) is 4.52. The number of benzene rings is 1. The van der Waals surface area contributed by atoms with E-state index < -0.39 is 6.10 Å². The smallest absolute Gasteiger partial charge is 0.122 e. The topological polar surface area (TPSA) is 32.7 Å². The van der Waals surface area contributed by atoms with Gasteiger partial charge in [-0.25, -0.2) is 0 Å². The monoisotopic (exact) mass is 331 g/mol. The second kappa shape index (κ2) is 8.35. The van der Waals surface area contributed by atoms with E-state index in [0.29, 0.717) is 12.5 Å². The Bertz CT molecular complexity index is 516. The molecule has 1 aromatic rings. The van der Waals surface area contributed by atoms with Crippen molar-refractivity contribution in [3.05, 3.63) is 29.8 Å². The Hall–Kier alpha value is -1.06. The average Bonchev–Trinajstić information content (AvgIpc) is 2.60. The van der Waals surface area contributed by atoms with Crippen LogP contribution in [-0.2, 0) is 0 Å². The van der Waals surface area contributed by atoms with E-state index in [1.807, 2.05) is 18.2 Å². The van der Waals surface area contributed by atoms with Gasteiger partial charge in [0.25, 0.3) is 0 Å². The fourth-order valence-corrected chi connectivity index (χ4v) is 4.47. The number of para-hydroxylation sites is 1. The van der Waals surface area contributed by atoms with Crippen LogP contribution in [0.15, 0.2) is 24.3 Å². The summed E-state index contributed by atoms with van der Waals surface area (Å²) in [7, 11) is 0. The molecule has 1 aliphatic carbocycles. The average molecular weight is 332 g/mol. The van der Waals surface area contributed by atoms with Crippen molar-refractivity contribution in [1.82, 2.24) is 4.90 Å². The molecule has 0 bridgehead atoms. The Kier molecular flexibility index (Phi) is 6.18. The number of piperidine rings is 1. The van der Waals surface area contributed by atoms with Gasteiger partial charge in [0.05, 0.1) is 0 Å². The number of aliphatic hydroxyl groups is 1. The standard InChI is InChI=1S/C21H33NO2/c1-16(2)20-9-5-6-10-21(20)24-15-19(23)14-22-12-11-17-7-3-4-8-18(17)13-22/h5-6,9-10,16-19,23H,3-4,7-8,11-15H2,1-2H3/t17-,18-,19-/m1/s1. The summed E-state index contributed by atoms with van der Waals surface area (Å²) in [5.74, 6) is 3.16. The molecular weight excluding hydrogens is 298 g/mol. The van der Waals surface area contributed by atoms with E-state index in [1.54, 1.807) is 0 Å². The molecule has 1 N–H and O–H groups in total. The second-order valence-corrected chi connectivity index (χ2v) is 8.01. The first-order valence-corrected chi connectivity index (χ1v) is 9.75. The first kappa shape index (κ1) is 17.8. The SMILES string of the molecule is CC(C)c1ccccc1OC[C@H](O)CN1CC[C@H]2CCCC[C@@H]2C1. The molecule has 1 aromatic carbocycles. The number of likely N-dealkylation sites (tertiary alicyclic amines) is 1. The van der Waals surface area contributed by atoms with E-state index in [2.05, 4.69) is 24.8 Å². The van der Waals surface area contributed by atoms with Crippen molar-refractivity contribution in [3.8, 4) is 5.75 Å². The van der Waals surface area contributed by atoms with Crippen LogP contribution in [0.4, 0.5) is 0 Å². The van der Waals surface area contributed by atoms with Gasteiger partial charge >= 0.3 is 0 Å². The lowest BCUT2D eigenvalue weighted by Gasteiger charge is -2.41. The molecule has 0 unspecified atom stereocenters. The summed E-state index contributed by atoms with van der Waals surface area (Å²) in [6.45, 7) is 7.78. The maximum absolute atomic E-state index is 10.4. The number of aliphatic hydroxyl groups excluding tert-OH is 1. The van der Waals surface area contributed by atoms with Crippen LogP contribution in [0.3, 0.4) is 0 Å². The van der Waals surface area contributed by atoms with Crippen molar-refractivity contribution in [1.29, 1.82) is 0 Å². The zero-order valence-electron chi connectivity index (χ0n) is 15.3. The van der Waals surface area contributed by atoms with Gasteiger partial charge in [0.1, 0.15) is 18.5 Å². The highest BCUT2D eigenvalue weighted by Crippen LogP contribution is 2.36. The van der Waals surface area contributed by atoms with Gasteiger partial charge in [-0.1, -0.05) is 51.3 Å². The van der Waals surface area contributed by atoms with Crippen molar-refractivity contribution < 1.29 is 9.84 Å². The van der Waals surface area contributed by atoms with E-state index in [-0.39, 0.29) is 0 Å². The van der Waals surface area contributed by atoms with E-state index in [4.69, 9.17) is 4.74 Å². The fraction of sp³-hybridized carbons (Fsp3) is 0.714. The number of fused-ring (bicyclic) bond motifs is 1. The van der Waals surface area contributed by atoms with Crippen molar-refractivity contribution in [2.75, 3.05) is 26.2 Å². The van der Waals surface area contributed by atoms with Crippen molar-refractivity contribution in [2.24, 2.45) is 11.8 Å². The van der Waals surface area contributed by atoms with Crippen LogP contribution in [0, 0.1) is 11.8 Å². The predicted octanol–water partition coefficient (Wildman–Crippen LogP) is 4.06. The predicted molar refractivity (Wildman–Crippen MR) is 98.5 cm³/mol. The number of rotatable bonds is 6. The van der Waals surface area contributed by atoms with Crippen LogP contribution in [0.5, 0.6) is 5.75 Å². The van der Waals surface area contributed by atoms with Gasteiger partial charge in [0.15, 0.2) is 0 Å². The number of β-amino-alcohol motifs (C(OH)–C–C–N with tert-alkyl or cyclic N) is 1. The zero-order chi connectivity index (χ0) is 16.9. The minimum atomic E-state index is -0.412. The number of ether oxygens (including phenoxy) is 1. The molecule has 0 aromatic heterocycles. The molecule has 1 saturated heterocycles. The van der Waals surface area contributed by atoms with Gasteiger partial charge in [0.2, 0.25) is 0 Å². The Balaban J connectivity index is 1.47. The van der Waals surface area contributed by atoms with Crippen LogP contribution < -0.4 is 4.74 Å². The van der Waals surface area contributed by atoms with Crippen LogP contribution in [0.1, 0.15) is 57.4 Å². The van der Waals surface area contributed by atoms with Crippen LogP contribution in [0.25, 0.3) is 0 Å². The molecule has 134 valence electrons. The largest absolute Gasteiger partial charge is 0.491 e. The fourth-order valence-electron chi connectivity index (χ4n) is 4.47. The van der Waals surface area contributed by atoms with E-state index in [9.17, 15) is 5.11 Å². The summed E-state index contributed by atoms with van der Waals surface area (Å²) in [5, 5.41) is 10.4. The van der Waals surface area contributed by atoms with Crippen molar-refractivity contribution in [2.45, 2.75) is 58.0 Å². The van der Waals surface area contributed by atoms with E-state index in [1.165, 1.54) is 44.2 Å². The zero-order valence-corrected chi connectivity index (χ0v) is 15.3. The second-order valence-electron chi connectivity index (χ2n) is 8.01. The van der Waals surface area contributed by atoms with Crippen LogP contribution in [-0.4, -0.2) is 42.4 Å². The third-order valence-corrected chi connectivity index (χ3v) is 5.82. The van der Waals surface area contributed by atoms with Gasteiger partial charge in [-0.3, -0.25) is 0 Å². The normalized spacial score (nSPS) is 26.2. The van der Waals surface area contributed by atoms with Gasteiger partial charge in [-0.15, -0.1) is 0 Å². The highest BCUT2D eigenvalue weighted by atomic mass is 16.5. The Morgan fingerprint density at radius 1 is 1.12 bits per heavy atom. The highest BCUT2D eigenvalue weighted by Gasteiger charge is 2.31.